The van der Waals surface area contributed by atoms with E-state index >= 15 is 0 Å². The van der Waals surface area contributed by atoms with Crippen molar-refractivity contribution in [2.45, 2.75) is 43.1 Å². The minimum atomic E-state index is -0.410. The molecular formula is C27H27N3O2S. The van der Waals surface area contributed by atoms with Gasteiger partial charge >= 0.3 is 0 Å². The van der Waals surface area contributed by atoms with Gasteiger partial charge in [0.1, 0.15) is 0 Å². The minimum absolute atomic E-state index is 0.0432. The lowest BCUT2D eigenvalue weighted by molar-refractivity contribution is -0.120. The van der Waals surface area contributed by atoms with Crippen LogP contribution in [0.3, 0.4) is 0 Å². The molecular weight excluding hydrogens is 430 g/mol. The molecule has 0 saturated carbocycles. The normalized spacial score (nSPS) is 12.9. The Morgan fingerprint density at radius 2 is 1.58 bits per heavy atom. The number of rotatable bonds is 8. The number of aromatic nitrogens is 2. The summed E-state index contributed by atoms with van der Waals surface area (Å²) in [5.74, 6) is -0.0671. The average molecular weight is 458 g/mol. The fourth-order valence-electron chi connectivity index (χ4n) is 3.67. The molecule has 168 valence electrons. The Balaban J connectivity index is 1.52. The molecule has 0 saturated heterocycles. The maximum Gasteiger partial charge on any atom is 0.266 e. The number of benzene rings is 3. The van der Waals surface area contributed by atoms with Gasteiger partial charge in [-0.2, -0.15) is 0 Å². The third kappa shape index (κ3) is 5.52. The van der Waals surface area contributed by atoms with Crippen LogP contribution in [0.2, 0.25) is 0 Å². The topological polar surface area (TPSA) is 64.0 Å². The van der Waals surface area contributed by atoms with E-state index in [-0.39, 0.29) is 17.5 Å². The SMILES string of the molecule is CC(CCc1ccccc1)NC(=O)C(C)Sc1nc2ccccc2c(=O)n1-c1ccccc1. The summed E-state index contributed by atoms with van der Waals surface area (Å²) < 4.78 is 1.59. The summed E-state index contributed by atoms with van der Waals surface area (Å²) in [7, 11) is 0. The van der Waals surface area contributed by atoms with Crippen LogP contribution >= 0.6 is 11.8 Å². The zero-order valence-corrected chi connectivity index (χ0v) is 19.6. The number of thioether (sulfide) groups is 1. The number of carbonyl (C=O) groups excluding carboxylic acids is 1. The van der Waals surface area contributed by atoms with Gasteiger partial charge in [0.05, 0.1) is 21.8 Å². The maximum absolute atomic E-state index is 13.3. The van der Waals surface area contributed by atoms with Gasteiger partial charge in [-0.15, -0.1) is 0 Å². The van der Waals surface area contributed by atoms with Crippen LogP contribution in [0.15, 0.2) is 94.9 Å². The average Bonchev–Trinajstić information content (AvgIpc) is 2.84. The zero-order valence-electron chi connectivity index (χ0n) is 18.8. The highest BCUT2D eigenvalue weighted by molar-refractivity contribution is 8.00. The number of amides is 1. The van der Waals surface area contributed by atoms with E-state index in [0.717, 1.165) is 18.5 Å². The van der Waals surface area contributed by atoms with Crippen molar-refractivity contribution in [1.82, 2.24) is 14.9 Å². The second-order valence-electron chi connectivity index (χ2n) is 8.08. The number of para-hydroxylation sites is 2. The van der Waals surface area contributed by atoms with E-state index in [0.29, 0.717) is 16.1 Å². The van der Waals surface area contributed by atoms with E-state index in [4.69, 9.17) is 4.98 Å². The third-order valence-electron chi connectivity index (χ3n) is 5.51. The summed E-state index contributed by atoms with van der Waals surface area (Å²) in [6.45, 7) is 3.87. The van der Waals surface area contributed by atoms with E-state index in [2.05, 4.69) is 17.4 Å². The molecule has 0 fully saturated rings. The first-order chi connectivity index (χ1) is 16.0. The van der Waals surface area contributed by atoms with Crippen molar-refractivity contribution in [3.8, 4) is 5.69 Å². The van der Waals surface area contributed by atoms with Crippen molar-refractivity contribution in [2.24, 2.45) is 0 Å². The highest BCUT2D eigenvalue weighted by atomic mass is 32.2. The van der Waals surface area contributed by atoms with Crippen LogP contribution in [-0.4, -0.2) is 26.8 Å². The summed E-state index contributed by atoms with van der Waals surface area (Å²) in [5, 5.41) is 3.75. The Morgan fingerprint density at radius 3 is 2.30 bits per heavy atom. The van der Waals surface area contributed by atoms with Crippen molar-refractivity contribution in [2.75, 3.05) is 0 Å². The van der Waals surface area contributed by atoms with E-state index in [1.165, 1.54) is 17.3 Å². The Bertz CT molecular complexity index is 1290. The second kappa shape index (κ2) is 10.5. The predicted octanol–water partition coefficient (Wildman–Crippen LogP) is 5.00. The molecule has 1 aromatic heterocycles. The first-order valence-corrected chi connectivity index (χ1v) is 12.0. The fraction of sp³-hybridized carbons (Fsp3) is 0.222. The van der Waals surface area contributed by atoms with E-state index < -0.39 is 5.25 Å². The standard InChI is InChI=1S/C27H27N3O2S/c1-19(17-18-21-11-5-3-6-12-21)28-25(31)20(2)33-27-29-24-16-10-9-15-23(24)26(32)30(27)22-13-7-4-8-14-22/h3-16,19-20H,17-18H2,1-2H3,(H,28,31). The third-order valence-corrected chi connectivity index (χ3v) is 6.56. The van der Waals surface area contributed by atoms with Crippen LogP contribution in [0.1, 0.15) is 25.8 Å². The molecule has 4 aromatic rings. The number of hydrogen-bond donors (Lipinski definition) is 1. The number of fused-ring (bicyclic) bond motifs is 1. The fourth-order valence-corrected chi connectivity index (χ4v) is 4.60. The molecule has 1 heterocycles. The van der Waals surface area contributed by atoms with Crippen LogP contribution in [-0.2, 0) is 11.2 Å². The Labute approximate surface area is 197 Å². The van der Waals surface area contributed by atoms with Gasteiger partial charge in [0.15, 0.2) is 5.16 Å². The van der Waals surface area contributed by atoms with Crippen LogP contribution in [0, 0.1) is 0 Å². The number of aryl methyl sites for hydroxylation is 1. The smallest absolute Gasteiger partial charge is 0.266 e. The highest BCUT2D eigenvalue weighted by Crippen LogP contribution is 2.25. The highest BCUT2D eigenvalue weighted by Gasteiger charge is 2.21. The van der Waals surface area contributed by atoms with Gasteiger partial charge in [0.25, 0.3) is 5.56 Å². The molecule has 33 heavy (non-hydrogen) atoms. The molecule has 5 nitrogen and oxygen atoms in total. The van der Waals surface area contributed by atoms with Crippen molar-refractivity contribution >= 4 is 28.6 Å². The summed E-state index contributed by atoms with van der Waals surface area (Å²) in [6, 6.07) is 27.0. The molecule has 1 amide bonds. The molecule has 0 aliphatic heterocycles. The number of hydrogen-bond acceptors (Lipinski definition) is 4. The van der Waals surface area contributed by atoms with Crippen molar-refractivity contribution in [1.29, 1.82) is 0 Å². The second-order valence-corrected chi connectivity index (χ2v) is 9.39. The Morgan fingerprint density at radius 1 is 0.939 bits per heavy atom. The van der Waals surface area contributed by atoms with E-state index in [1.807, 2.05) is 80.6 Å². The van der Waals surface area contributed by atoms with Gasteiger partial charge in [0.2, 0.25) is 5.91 Å². The Hall–Kier alpha value is -3.38. The maximum atomic E-state index is 13.3. The van der Waals surface area contributed by atoms with Gasteiger partial charge < -0.3 is 5.32 Å². The largest absolute Gasteiger partial charge is 0.353 e. The summed E-state index contributed by atoms with van der Waals surface area (Å²) >= 11 is 1.30. The molecule has 6 heteroatoms. The molecule has 0 aliphatic carbocycles. The molecule has 0 aliphatic rings. The number of nitrogens with zero attached hydrogens (tertiary/aromatic N) is 2. The van der Waals surface area contributed by atoms with Gasteiger partial charge in [-0.05, 0) is 56.5 Å². The number of nitrogens with one attached hydrogen (secondary N) is 1. The van der Waals surface area contributed by atoms with Crippen LogP contribution in [0.4, 0.5) is 0 Å². The van der Waals surface area contributed by atoms with Gasteiger partial charge in [-0.3, -0.25) is 14.2 Å². The van der Waals surface area contributed by atoms with Crippen molar-refractivity contribution < 1.29 is 4.79 Å². The van der Waals surface area contributed by atoms with E-state index in [1.54, 1.807) is 10.6 Å². The van der Waals surface area contributed by atoms with Crippen LogP contribution in [0.5, 0.6) is 0 Å². The predicted molar refractivity (Wildman–Crippen MR) is 135 cm³/mol. The lowest BCUT2D eigenvalue weighted by Crippen LogP contribution is -2.38. The molecule has 0 bridgehead atoms. The van der Waals surface area contributed by atoms with E-state index in [9.17, 15) is 9.59 Å². The molecule has 2 unspecified atom stereocenters. The molecule has 0 spiro atoms. The summed E-state index contributed by atoms with van der Waals surface area (Å²) in [6.07, 6.45) is 1.76. The molecule has 1 N–H and O–H groups in total. The Kier molecular flexibility index (Phi) is 7.25. The first-order valence-electron chi connectivity index (χ1n) is 11.1. The quantitative estimate of drug-likeness (QED) is 0.299. The minimum Gasteiger partial charge on any atom is -0.353 e. The summed E-state index contributed by atoms with van der Waals surface area (Å²) in [5.41, 5.74) is 2.47. The van der Waals surface area contributed by atoms with Crippen molar-refractivity contribution in [3.63, 3.8) is 0 Å². The molecule has 0 radical (unpaired) electrons. The monoisotopic (exact) mass is 457 g/mol. The van der Waals surface area contributed by atoms with Gasteiger partial charge in [-0.25, -0.2) is 4.98 Å². The van der Waals surface area contributed by atoms with Gasteiger partial charge in [-0.1, -0.05) is 72.4 Å². The zero-order chi connectivity index (χ0) is 23.2. The lowest BCUT2D eigenvalue weighted by Gasteiger charge is -2.19. The first kappa shape index (κ1) is 22.8. The van der Waals surface area contributed by atoms with Crippen LogP contribution in [0.25, 0.3) is 16.6 Å². The van der Waals surface area contributed by atoms with Crippen molar-refractivity contribution in [3.05, 3.63) is 101 Å². The number of carbonyl (C=O) groups is 1. The lowest BCUT2D eigenvalue weighted by atomic mass is 10.1. The molecule has 4 rings (SSSR count). The summed E-state index contributed by atoms with van der Waals surface area (Å²) in [4.78, 5) is 31.0. The van der Waals surface area contributed by atoms with Crippen LogP contribution < -0.4 is 10.9 Å². The van der Waals surface area contributed by atoms with Gasteiger partial charge in [0, 0.05) is 6.04 Å². The molecule has 2 atom stereocenters. The molecule has 3 aromatic carbocycles.